The maximum atomic E-state index is 12.6. The van der Waals surface area contributed by atoms with Gasteiger partial charge < -0.3 is 4.90 Å². The lowest BCUT2D eigenvalue weighted by Gasteiger charge is -2.19. The summed E-state index contributed by atoms with van der Waals surface area (Å²) in [6, 6.07) is 3.80. The van der Waals surface area contributed by atoms with E-state index in [0.29, 0.717) is 18.3 Å². The smallest absolute Gasteiger partial charge is 0.356 e. The fourth-order valence-corrected chi connectivity index (χ4v) is 2.20. The number of alkyl halides is 3. The van der Waals surface area contributed by atoms with Crippen molar-refractivity contribution >= 4 is 5.82 Å². The molecule has 5 heteroatoms. The second-order valence-electron chi connectivity index (χ2n) is 5.08. The Labute approximate surface area is 105 Å². The lowest BCUT2D eigenvalue weighted by molar-refractivity contribution is -0.168. The van der Waals surface area contributed by atoms with Crippen LogP contribution in [0, 0.1) is 5.92 Å². The number of aromatic nitrogens is 1. The number of rotatable bonds is 2. The Kier molecular flexibility index (Phi) is 3.50. The third-order valence-electron chi connectivity index (χ3n) is 3.41. The van der Waals surface area contributed by atoms with E-state index < -0.39 is 12.1 Å². The molecule has 1 aliphatic rings. The molecule has 0 aromatic carbocycles. The molecular formula is C13H17F3N2. The normalized spacial score (nSPS) is 20.8. The maximum Gasteiger partial charge on any atom is 0.393 e. The van der Waals surface area contributed by atoms with Gasteiger partial charge in [-0.05, 0) is 30.0 Å². The van der Waals surface area contributed by atoms with E-state index in [-0.39, 0.29) is 13.0 Å². The molecule has 0 spiro atoms. The highest BCUT2D eigenvalue weighted by atomic mass is 19.4. The monoisotopic (exact) mass is 258 g/mol. The molecule has 1 aromatic heterocycles. The third kappa shape index (κ3) is 2.76. The van der Waals surface area contributed by atoms with Crippen LogP contribution in [0.1, 0.15) is 31.7 Å². The maximum absolute atomic E-state index is 12.6. The SMILES string of the molecule is CC(C)c1ccnc(N2CCC(C(F)(F)F)C2)c1. The molecule has 0 bridgehead atoms. The molecule has 0 aliphatic carbocycles. The first kappa shape index (κ1) is 13.2. The minimum Gasteiger partial charge on any atom is -0.356 e. The molecule has 1 unspecified atom stereocenters. The molecule has 18 heavy (non-hydrogen) atoms. The highest BCUT2D eigenvalue weighted by Gasteiger charge is 2.43. The van der Waals surface area contributed by atoms with E-state index in [2.05, 4.69) is 18.8 Å². The molecule has 2 nitrogen and oxygen atoms in total. The zero-order valence-corrected chi connectivity index (χ0v) is 10.5. The Balaban J connectivity index is 2.12. The fourth-order valence-electron chi connectivity index (χ4n) is 2.20. The zero-order valence-electron chi connectivity index (χ0n) is 10.5. The van der Waals surface area contributed by atoms with Crippen molar-refractivity contribution in [2.45, 2.75) is 32.4 Å². The van der Waals surface area contributed by atoms with Gasteiger partial charge in [-0.3, -0.25) is 0 Å². The topological polar surface area (TPSA) is 16.1 Å². The molecule has 2 rings (SSSR count). The Morgan fingerprint density at radius 3 is 2.67 bits per heavy atom. The molecule has 1 fully saturated rings. The number of hydrogen-bond acceptors (Lipinski definition) is 2. The average Bonchev–Trinajstić information content (AvgIpc) is 2.78. The first-order chi connectivity index (χ1) is 8.38. The highest BCUT2D eigenvalue weighted by Crippen LogP contribution is 2.35. The lowest BCUT2D eigenvalue weighted by atomic mass is 10.1. The van der Waals surface area contributed by atoms with Crippen molar-refractivity contribution in [2.75, 3.05) is 18.0 Å². The van der Waals surface area contributed by atoms with Crippen molar-refractivity contribution in [1.29, 1.82) is 0 Å². The standard InChI is InChI=1S/C13H17F3N2/c1-9(2)10-3-5-17-12(7-10)18-6-4-11(8-18)13(14,15)16/h3,5,7,9,11H,4,6,8H2,1-2H3. The van der Waals surface area contributed by atoms with Crippen molar-refractivity contribution in [3.8, 4) is 0 Å². The number of halogens is 3. The van der Waals surface area contributed by atoms with Crippen LogP contribution in [0.5, 0.6) is 0 Å². The van der Waals surface area contributed by atoms with Gasteiger partial charge in [-0.25, -0.2) is 4.98 Å². The third-order valence-corrected chi connectivity index (χ3v) is 3.41. The molecular weight excluding hydrogens is 241 g/mol. The van der Waals surface area contributed by atoms with Crippen molar-refractivity contribution in [2.24, 2.45) is 5.92 Å². The summed E-state index contributed by atoms with van der Waals surface area (Å²) >= 11 is 0. The second-order valence-corrected chi connectivity index (χ2v) is 5.08. The summed E-state index contributed by atoms with van der Waals surface area (Å²) in [7, 11) is 0. The molecule has 0 amide bonds. The van der Waals surface area contributed by atoms with Gasteiger partial charge in [0, 0.05) is 19.3 Å². The fraction of sp³-hybridized carbons (Fsp3) is 0.615. The predicted molar refractivity (Wildman–Crippen MR) is 64.7 cm³/mol. The van der Waals surface area contributed by atoms with Gasteiger partial charge in [-0.15, -0.1) is 0 Å². The van der Waals surface area contributed by atoms with Gasteiger partial charge >= 0.3 is 6.18 Å². The van der Waals surface area contributed by atoms with Gasteiger partial charge in [0.1, 0.15) is 5.82 Å². The predicted octanol–water partition coefficient (Wildman–Crippen LogP) is 3.59. The van der Waals surface area contributed by atoms with E-state index in [1.54, 1.807) is 11.1 Å². The van der Waals surface area contributed by atoms with Crippen LogP contribution in [-0.4, -0.2) is 24.2 Å². The Morgan fingerprint density at radius 2 is 2.11 bits per heavy atom. The minimum atomic E-state index is -4.09. The van der Waals surface area contributed by atoms with E-state index in [4.69, 9.17) is 0 Å². The molecule has 2 heterocycles. The summed E-state index contributed by atoms with van der Waals surface area (Å²) < 4.78 is 37.8. The zero-order chi connectivity index (χ0) is 13.3. The van der Waals surface area contributed by atoms with Crippen LogP contribution in [0.25, 0.3) is 0 Å². The van der Waals surface area contributed by atoms with Crippen LogP contribution >= 0.6 is 0 Å². The second kappa shape index (κ2) is 4.78. The number of pyridine rings is 1. The van der Waals surface area contributed by atoms with Gasteiger partial charge in [-0.1, -0.05) is 13.8 Å². The van der Waals surface area contributed by atoms with Crippen LogP contribution in [-0.2, 0) is 0 Å². The molecule has 0 N–H and O–H groups in total. The van der Waals surface area contributed by atoms with Crippen LogP contribution in [0.4, 0.5) is 19.0 Å². The molecule has 1 aliphatic heterocycles. The Morgan fingerprint density at radius 1 is 1.39 bits per heavy atom. The summed E-state index contributed by atoms with van der Waals surface area (Å²) in [5.41, 5.74) is 1.11. The van der Waals surface area contributed by atoms with E-state index in [1.807, 2.05) is 12.1 Å². The minimum absolute atomic E-state index is 0.0258. The van der Waals surface area contributed by atoms with Gasteiger partial charge in [-0.2, -0.15) is 13.2 Å². The van der Waals surface area contributed by atoms with Crippen molar-refractivity contribution in [3.05, 3.63) is 23.9 Å². The average molecular weight is 258 g/mol. The summed E-state index contributed by atoms with van der Waals surface area (Å²) in [4.78, 5) is 5.91. The summed E-state index contributed by atoms with van der Waals surface area (Å²) in [6.45, 7) is 4.57. The molecule has 0 radical (unpaired) electrons. The number of anilines is 1. The summed E-state index contributed by atoms with van der Waals surface area (Å²) in [6.07, 6.45) is -2.26. The molecule has 100 valence electrons. The molecule has 0 saturated carbocycles. The summed E-state index contributed by atoms with van der Waals surface area (Å²) in [5, 5.41) is 0. The van der Waals surface area contributed by atoms with Gasteiger partial charge in [0.2, 0.25) is 0 Å². The van der Waals surface area contributed by atoms with E-state index in [0.717, 1.165) is 5.56 Å². The molecule has 1 atom stereocenters. The Hall–Kier alpha value is -1.26. The van der Waals surface area contributed by atoms with Crippen molar-refractivity contribution in [1.82, 2.24) is 4.98 Å². The molecule has 1 aromatic rings. The Bertz CT molecular complexity index is 415. The summed E-state index contributed by atoms with van der Waals surface area (Å²) in [5.74, 6) is -0.206. The quantitative estimate of drug-likeness (QED) is 0.805. The van der Waals surface area contributed by atoms with Gasteiger partial charge in [0.05, 0.1) is 5.92 Å². The van der Waals surface area contributed by atoms with Crippen LogP contribution < -0.4 is 4.90 Å². The van der Waals surface area contributed by atoms with E-state index >= 15 is 0 Å². The first-order valence-electron chi connectivity index (χ1n) is 6.15. The van der Waals surface area contributed by atoms with Crippen LogP contribution in [0.3, 0.4) is 0 Å². The van der Waals surface area contributed by atoms with Crippen LogP contribution in [0.2, 0.25) is 0 Å². The van der Waals surface area contributed by atoms with Gasteiger partial charge in [0.15, 0.2) is 0 Å². The molecule has 1 saturated heterocycles. The number of nitrogens with zero attached hydrogens (tertiary/aromatic N) is 2. The van der Waals surface area contributed by atoms with E-state index in [1.165, 1.54) is 0 Å². The lowest BCUT2D eigenvalue weighted by Crippen LogP contribution is -2.27. The van der Waals surface area contributed by atoms with Crippen LogP contribution in [0.15, 0.2) is 18.3 Å². The largest absolute Gasteiger partial charge is 0.393 e. The first-order valence-corrected chi connectivity index (χ1v) is 6.15. The highest BCUT2D eigenvalue weighted by molar-refractivity contribution is 5.43. The number of hydrogen-bond donors (Lipinski definition) is 0. The van der Waals surface area contributed by atoms with Crippen molar-refractivity contribution < 1.29 is 13.2 Å². The van der Waals surface area contributed by atoms with Gasteiger partial charge in [0.25, 0.3) is 0 Å². The van der Waals surface area contributed by atoms with E-state index in [9.17, 15) is 13.2 Å². The van der Waals surface area contributed by atoms with Crippen molar-refractivity contribution in [3.63, 3.8) is 0 Å².